The van der Waals surface area contributed by atoms with E-state index in [4.69, 9.17) is 4.98 Å². The minimum atomic E-state index is 0.717. The molecular formula is C24H22N7. The highest BCUT2D eigenvalue weighted by Gasteiger charge is 2.13. The van der Waals surface area contributed by atoms with Crippen molar-refractivity contribution in [2.75, 3.05) is 23.3 Å². The number of nitrogens with one attached hydrogen (secondary N) is 2. The van der Waals surface area contributed by atoms with Gasteiger partial charge < -0.3 is 19.6 Å². The maximum Gasteiger partial charge on any atom is 0.180 e. The summed E-state index contributed by atoms with van der Waals surface area (Å²) in [5, 5.41) is 3.46. The molecule has 1 radical (unpaired) electrons. The number of aromatic amines is 1. The fourth-order valence-corrected chi connectivity index (χ4v) is 4.13. The second-order valence-electron chi connectivity index (χ2n) is 7.79. The quantitative estimate of drug-likeness (QED) is 0.446. The topological polar surface area (TPSA) is 74.1 Å². The maximum absolute atomic E-state index is 4.88. The lowest BCUT2D eigenvalue weighted by molar-refractivity contribution is 0.679. The molecule has 1 aromatic carbocycles. The van der Waals surface area contributed by atoms with E-state index in [1.807, 2.05) is 35.3 Å². The fourth-order valence-electron chi connectivity index (χ4n) is 4.13. The predicted octanol–water partition coefficient (Wildman–Crippen LogP) is 4.82. The molecule has 5 heterocycles. The van der Waals surface area contributed by atoms with E-state index in [0.29, 0.717) is 0 Å². The molecule has 7 nitrogen and oxygen atoms in total. The molecule has 5 aromatic rings. The molecule has 0 saturated carbocycles. The van der Waals surface area contributed by atoms with Crippen molar-refractivity contribution in [1.29, 1.82) is 0 Å². The summed E-state index contributed by atoms with van der Waals surface area (Å²) in [6.45, 7) is 2.18. The largest absolute Gasteiger partial charge is 0.372 e. The number of H-pyrrole nitrogens is 1. The van der Waals surface area contributed by atoms with Gasteiger partial charge in [-0.25, -0.2) is 9.97 Å². The zero-order valence-electron chi connectivity index (χ0n) is 17.0. The monoisotopic (exact) mass is 408 g/mol. The van der Waals surface area contributed by atoms with Crippen molar-refractivity contribution in [1.82, 2.24) is 24.3 Å². The van der Waals surface area contributed by atoms with E-state index in [-0.39, 0.29) is 0 Å². The van der Waals surface area contributed by atoms with Crippen molar-refractivity contribution < 1.29 is 0 Å². The van der Waals surface area contributed by atoms with Crippen LogP contribution in [0.1, 0.15) is 12.8 Å². The smallest absolute Gasteiger partial charge is 0.180 e. The second-order valence-corrected chi connectivity index (χ2v) is 7.79. The highest BCUT2D eigenvalue weighted by Crippen LogP contribution is 2.27. The number of pyridine rings is 1. The number of hydrogen-bond donors (Lipinski definition) is 2. The van der Waals surface area contributed by atoms with Crippen molar-refractivity contribution in [2.24, 2.45) is 0 Å². The lowest BCUT2D eigenvalue weighted by Gasteiger charge is -2.28. The average molecular weight is 408 g/mol. The van der Waals surface area contributed by atoms with Crippen LogP contribution < -0.4 is 10.2 Å². The van der Waals surface area contributed by atoms with Crippen LogP contribution in [-0.4, -0.2) is 37.4 Å². The molecule has 1 fully saturated rings. The number of nitrogens with zero attached hydrogens (tertiary/aromatic N) is 5. The first-order chi connectivity index (χ1) is 15.3. The van der Waals surface area contributed by atoms with Crippen LogP contribution in [0.15, 0.2) is 67.4 Å². The van der Waals surface area contributed by atoms with Crippen LogP contribution in [0.5, 0.6) is 0 Å². The van der Waals surface area contributed by atoms with Crippen molar-refractivity contribution in [3.63, 3.8) is 0 Å². The van der Waals surface area contributed by atoms with Crippen molar-refractivity contribution in [2.45, 2.75) is 12.8 Å². The Labute approximate surface area is 179 Å². The minimum Gasteiger partial charge on any atom is -0.372 e. The molecule has 0 amide bonds. The number of anilines is 3. The van der Waals surface area contributed by atoms with Gasteiger partial charge in [0.1, 0.15) is 0 Å². The molecule has 4 aromatic heterocycles. The summed E-state index contributed by atoms with van der Waals surface area (Å²) in [7, 11) is 0. The standard InChI is InChI=1S/C24H22N7/c1-2-11-30(12-3-1)19-6-4-18(5-7-19)28-23-24-26-10-13-31(24)16-22(29-23)17-14-21-20(27-15-17)8-9-25-21/h1,4-10,13-16,25H,2-3,11-12H2,(H,28,29). The number of fused-ring (bicyclic) bond motifs is 2. The normalized spacial score (nSPS) is 14.4. The van der Waals surface area contributed by atoms with Gasteiger partial charge in [0.25, 0.3) is 0 Å². The number of imidazole rings is 1. The molecule has 1 aliphatic heterocycles. The van der Waals surface area contributed by atoms with E-state index in [1.54, 1.807) is 6.20 Å². The molecule has 153 valence electrons. The van der Waals surface area contributed by atoms with Crippen LogP contribution in [0.25, 0.3) is 27.9 Å². The molecule has 0 atom stereocenters. The van der Waals surface area contributed by atoms with Gasteiger partial charge in [-0.05, 0) is 55.7 Å². The third-order valence-electron chi connectivity index (χ3n) is 5.77. The number of hydrogen-bond acceptors (Lipinski definition) is 5. The van der Waals surface area contributed by atoms with Crippen molar-refractivity contribution in [3.05, 3.63) is 73.8 Å². The summed E-state index contributed by atoms with van der Waals surface area (Å²) >= 11 is 0. The number of benzene rings is 1. The van der Waals surface area contributed by atoms with E-state index in [2.05, 4.69) is 61.9 Å². The Balaban J connectivity index is 1.33. The molecule has 7 heteroatoms. The molecule has 0 spiro atoms. The molecule has 6 rings (SSSR count). The molecule has 1 aliphatic rings. The summed E-state index contributed by atoms with van der Waals surface area (Å²) in [5.41, 5.74) is 6.75. The highest BCUT2D eigenvalue weighted by molar-refractivity contribution is 5.81. The number of aromatic nitrogens is 5. The third kappa shape index (κ3) is 3.38. The highest BCUT2D eigenvalue weighted by atomic mass is 15.1. The van der Waals surface area contributed by atoms with Crippen LogP contribution >= 0.6 is 0 Å². The van der Waals surface area contributed by atoms with Gasteiger partial charge in [0.15, 0.2) is 11.5 Å². The SMILES string of the molecule is [CH]1CCN(c2ccc(Nc3nc(-c4cnc5cc[nH]c5c4)cn4ccnc34)cc2)CC1. The Kier molecular flexibility index (Phi) is 4.30. The van der Waals surface area contributed by atoms with E-state index in [1.165, 1.54) is 5.69 Å². The Hall–Kier alpha value is -3.87. The van der Waals surface area contributed by atoms with Crippen molar-refractivity contribution >= 4 is 33.9 Å². The number of rotatable bonds is 4. The third-order valence-corrected chi connectivity index (χ3v) is 5.77. The van der Waals surface area contributed by atoms with Crippen LogP contribution in [0.4, 0.5) is 17.2 Å². The minimum absolute atomic E-state index is 0.717. The molecule has 1 saturated heterocycles. The maximum atomic E-state index is 4.88. The van der Waals surface area contributed by atoms with Gasteiger partial charge in [0.2, 0.25) is 0 Å². The zero-order valence-corrected chi connectivity index (χ0v) is 17.0. The predicted molar refractivity (Wildman–Crippen MR) is 124 cm³/mol. The molecule has 0 unspecified atom stereocenters. The van der Waals surface area contributed by atoms with Crippen LogP contribution in [-0.2, 0) is 0 Å². The molecule has 0 aliphatic carbocycles. The summed E-state index contributed by atoms with van der Waals surface area (Å²) in [6.07, 6.45) is 14.1. The summed E-state index contributed by atoms with van der Waals surface area (Å²) in [4.78, 5) is 19.5. The van der Waals surface area contributed by atoms with Gasteiger partial charge in [-0.1, -0.05) is 0 Å². The van der Waals surface area contributed by atoms with Crippen molar-refractivity contribution in [3.8, 4) is 11.3 Å². The first kappa shape index (κ1) is 17.9. The summed E-state index contributed by atoms with van der Waals surface area (Å²) < 4.78 is 1.99. The van der Waals surface area contributed by atoms with E-state index < -0.39 is 0 Å². The fraction of sp³-hybridized carbons (Fsp3) is 0.167. The zero-order chi connectivity index (χ0) is 20.6. The molecule has 0 bridgehead atoms. The first-order valence-electron chi connectivity index (χ1n) is 10.5. The lowest BCUT2D eigenvalue weighted by Crippen LogP contribution is -2.29. The Morgan fingerprint density at radius 2 is 1.87 bits per heavy atom. The summed E-state index contributed by atoms with van der Waals surface area (Å²) in [5.74, 6) is 0.717. The van der Waals surface area contributed by atoms with Gasteiger partial charge in [-0.2, -0.15) is 0 Å². The van der Waals surface area contributed by atoms with Gasteiger partial charge in [0, 0.05) is 61.0 Å². The van der Waals surface area contributed by atoms with Gasteiger partial charge in [0.05, 0.1) is 16.7 Å². The van der Waals surface area contributed by atoms with E-state index >= 15 is 0 Å². The Morgan fingerprint density at radius 1 is 1.00 bits per heavy atom. The second kappa shape index (κ2) is 7.43. The van der Waals surface area contributed by atoms with Crippen LogP contribution in [0.2, 0.25) is 0 Å². The van der Waals surface area contributed by atoms with Crippen LogP contribution in [0.3, 0.4) is 0 Å². The van der Waals surface area contributed by atoms with Gasteiger partial charge in [-0.15, -0.1) is 0 Å². The molecular weight excluding hydrogens is 386 g/mol. The average Bonchev–Trinajstić information content (AvgIpc) is 3.49. The van der Waals surface area contributed by atoms with E-state index in [0.717, 1.165) is 65.4 Å². The first-order valence-corrected chi connectivity index (χ1v) is 10.5. The molecule has 2 N–H and O–H groups in total. The van der Waals surface area contributed by atoms with Gasteiger partial charge in [-0.3, -0.25) is 4.98 Å². The van der Waals surface area contributed by atoms with Gasteiger partial charge >= 0.3 is 0 Å². The number of piperidine rings is 1. The molecule has 31 heavy (non-hydrogen) atoms. The van der Waals surface area contributed by atoms with Crippen LogP contribution in [0, 0.1) is 6.42 Å². The van der Waals surface area contributed by atoms with E-state index in [9.17, 15) is 0 Å². The lowest BCUT2D eigenvalue weighted by atomic mass is 10.1. The Morgan fingerprint density at radius 3 is 2.74 bits per heavy atom. The Bertz CT molecular complexity index is 1340. The summed E-state index contributed by atoms with van der Waals surface area (Å²) in [6, 6.07) is 12.6.